The molecular formula is C20H28N4OS. The summed E-state index contributed by atoms with van der Waals surface area (Å²) in [5, 5.41) is 3.81. The van der Waals surface area contributed by atoms with Crippen molar-refractivity contribution in [3.05, 3.63) is 53.0 Å². The Kier molecular flexibility index (Phi) is 7.17. The van der Waals surface area contributed by atoms with Crippen LogP contribution in [0, 0.1) is 6.92 Å². The SMILES string of the molecule is CSc1nc(C(C)C)nc(C)c1C(=O)NCC(c1ccccc1)N(C)C. The Hall–Kier alpha value is -1.92. The topological polar surface area (TPSA) is 58.1 Å². The van der Waals surface area contributed by atoms with Crippen LogP contribution < -0.4 is 5.32 Å². The number of rotatable bonds is 7. The molecule has 0 aliphatic carbocycles. The van der Waals surface area contributed by atoms with E-state index in [1.165, 1.54) is 17.3 Å². The molecule has 6 heteroatoms. The average molecular weight is 373 g/mol. The van der Waals surface area contributed by atoms with Crippen molar-refractivity contribution in [1.82, 2.24) is 20.2 Å². The number of carbonyl (C=O) groups is 1. The molecule has 1 amide bonds. The van der Waals surface area contributed by atoms with Crippen molar-refractivity contribution in [2.75, 3.05) is 26.9 Å². The van der Waals surface area contributed by atoms with Crippen molar-refractivity contribution >= 4 is 17.7 Å². The molecule has 1 N–H and O–H groups in total. The van der Waals surface area contributed by atoms with Gasteiger partial charge in [-0.1, -0.05) is 44.2 Å². The lowest BCUT2D eigenvalue weighted by molar-refractivity contribution is 0.0937. The highest BCUT2D eigenvalue weighted by atomic mass is 32.2. The first-order valence-electron chi connectivity index (χ1n) is 8.77. The van der Waals surface area contributed by atoms with Gasteiger partial charge in [-0.15, -0.1) is 11.8 Å². The van der Waals surface area contributed by atoms with E-state index in [1.54, 1.807) is 0 Å². The smallest absolute Gasteiger partial charge is 0.255 e. The van der Waals surface area contributed by atoms with Gasteiger partial charge in [0.1, 0.15) is 10.9 Å². The number of nitrogens with one attached hydrogen (secondary N) is 1. The Labute approximate surface area is 160 Å². The number of hydrogen-bond acceptors (Lipinski definition) is 5. The van der Waals surface area contributed by atoms with E-state index in [9.17, 15) is 4.79 Å². The lowest BCUT2D eigenvalue weighted by atomic mass is 10.1. The molecule has 26 heavy (non-hydrogen) atoms. The van der Waals surface area contributed by atoms with Gasteiger partial charge in [-0.2, -0.15) is 0 Å². The Morgan fingerprint density at radius 3 is 2.38 bits per heavy atom. The van der Waals surface area contributed by atoms with Gasteiger partial charge in [-0.3, -0.25) is 4.79 Å². The van der Waals surface area contributed by atoms with E-state index >= 15 is 0 Å². The van der Waals surface area contributed by atoms with E-state index in [0.29, 0.717) is 12.1 Å². The second kappa shape index (κ2) is 9.14. The quantitative estimate of drug-likeness (QED) is 0.594. The number of aromatic nitrogens is 2. The van der Waals surface area contributed by atoms with Gasteiger partial charge in [-0.25, -0.2) is 9.97 Å². The molecule has 0 saturated heterocycles. The molecule has 0 radical (unpaired) electrons. The Balaban J connectivity index is 2.21. The molecule has 2 aromatic rings. The Bertz CT molecular complexity index is 747. The predicted molar refractivity (Wildman–Crippen MR) is 108 cm³/mol. The highest BCUT2D eigenvalue weighted by Gasteiger charge is 2.21. The molecule has 0 spiro atoms. The van der Waals surface area contributed by atoms with E-state index in [0.717, 1.165) is 16.5 Å². The van der Waals surface area contributed by atoms with Gasteiger partial charge in [0.15, 0.2) is 0 Å². The third kappa shape index (κ3) is 4.83. The number of hydrogen-bond donors (Lipinski definition) is 1. The molecule has 2 rings (SSSR count). The minimum Gasteiger partial charge on any atom is -0.350 e. The summed E-state index contributed by atoms with van der Waals surface area (Å²) in [7, 11) is 4.03. The monoisotopic (exact) mass is 372 g/mol. The second-order valence-corrected chi connectivity index (χ2v) is 7.60. The summed E-state index contributed by atoms with van der Waals surface area (Å²) in [4.78, 5) is 24.1. The molecule has 0 saturated carbocycles. The summed E-state index contributed by atoms with van der Waals surface area (Å²) < 4.78 is 0. The van der Waals surface area contributed by atoms with Crippen molar-refractivity contribution < 1.29 is 4.79 Å². The van der Waals surface area contributed by atoms with Gasteiger partial charge in [0, 0.05) is 12.5 Å². The number of carbonyl (C=O) groups excluding carboxylic acids is 1. The van der Waals surface area contributed by atoms with Crippen LogP contribution in [0.25, 0.3) is 0 Å². The zero-order valence-corrected chi connectivity index (χ0v) is 17.2. The zero-order valence-electron chi connectivity index (χ0n) is 16.4. The van der Waals surface area contributed by atoms with Gasteiger partial charge >= 0.3 is 0 Å². The maximum absolute atomic E-state index is 12.9. The van der Waals surface area contributed by atoms with E-state index in [-0.39, 0.29) is 17.9 Å². The molecule has 140 valence electrons. The predicted octanol–water partition coefficient (Wildman–Crippen LogP) is 3.66. The first-order chi connectivity index (χ1) is 12.3. The summed E-state index contributed by atoms with van der Waals surface area (Å²) in [5.41, 5.74) is 2.48. The molecule has 1 atom stereocenters. The van der Waals surface area contributed by atoms with E-state index in [4.69, 9.17) is 0 Å². The Morgan fingerprint density at radius 2 is 1.85 bits per heavy atom. The van der Waals surface area contributed by atoms with Gasteiger partial charge in [0.05, 0.1) is 17.3 Å². The van der Waals surface area contributed by atoms with E-state index in [1.807, 2.05) is 45.5 Å². The summed E-state index contributed by atoms with van der Waals surface area (Å²) in [6.07, 6.45) is 1.94. The maximum atomic E-state index is 12.9. The van der Waals surface area contributed by atoms with Crippen LogP contribution in [0.5, 0.6) is 0 Å². The standard InChI is InChI=1S/C20H28N4OS/c1-13(2)18-22-14(3)17(20(23-18)26-6)19(25)21-12-16(24(4)5)15-10-8-7-9-11-15/h7-11,13,16H,12H2,1-6H3,(H,21,25). The molecule has 5 nitrogen and oxygen atoms in total. The van der Waals surface area contributed by atoms with Crippen molar-refractivity contribution in [3.8, 4) is 0 Å². The molecule has 0 fully saturated rings. The molecule has 0 bridgehead atoms. The number of likely N-dealkylation sites (N-methyl/N-ethyl adjacent to an activating group) is 1. The van der Waals surface area contributed by atoms with Gasteiger partial charge in [-0.05, 0) is 32.8 Å². The molecule has 0 aliphatic heterocycles. The van der Waals surface area contributed by atoms with Crippen LogP contribution >= 0.6 is 11.8 Å². The Morgan fingerprint density at radius 1 is 1.19 bits per heavy atom. The molecule has 1 heterocycles. The number of amides is 1. The van der Waals surface area contributed by atoms with Crippen LogP contribution in [0.15, 0.2) is 35.4 Å². The minimum atomic E-state index is -0.120. The highest BCUT2D eigenvalue weighted by Crippen LogP contribution is 2.23. The molecular weight excluding hydrogens is 344 g/mol. The van der Waals surface area contributed by atoms with Crippen molar-refractivity contribution in [1.29, 1.82) is 0 Å². The fraction of sp³-hybridized carbons (Fsp3) is 0.450. The van der Waals surface area contributed by atoms with Crippen LogP contribution in [0.3, 0.4) is 0 Å². The number of thioether (sulfide) groups is 1. The van der Waals surface area contributed by atoms with Gasteiger partial charge in [0.25, 0.3) is 5.91 Å². The van der Waals surface area contributed by atoms with Crippen LogP contribution in [0.4, 0.5) is 0 Å². The fourth-order valence-electron chi connectivity index (χ4n) is 2.79. The fourth-order valence-corrected chi connectivity index (χ4v) is 3.42. The molecule has 0 aliphatic rings. The van der Waals surface area contributed by atoms with Crippen molar-refractivity contribution in [2.24, 2.45) is 0 Å². The first-order valence-corrected chi connectivity index (χ1v) is 9.99. The van der Waals surface area contributed by atoms with Crippen LogP contribution in [-0.4, -0.2) is 47.7 Å². The second-order valence-electron chi connectivity index (χ2n) is 6.81. The normalized spacial score (nSPS) is 12.5. The van der Waals surface area contributed by atoms with E-state index < -0.39 is 0 Å². The lowest BCUT2D eigenvalue weighted by Gasteiger charge is -2.25. The maximum Gasteiger partial charge on any atom is 0.255 e. The average Bonchev–Trinajstić information content (AvgIpc) is 2.61. The van der Waals surface area contributed by atoms with E-state index in [2.05, 4.69) is 46.2 Å². The summed E-state index contributed by atoms with van der Waals surface area (Å²) in [5.74, 6) is 0.886. The largest absolute Gasteiger partial charge is 0.350 e. The minimum absolute atomic E-state index is 0.106. The third-order valence-corrected chi connectivity index (χ3v) is 4.96. The van der Waals surface area contributed by atoms with Crippen LogP contribution in [0.2, 0.25) is 0 Å². The first kappa shape index (κ1) is 20.4. The zero-order chi connectivity index (χ0) is 19.3. The molecule has 1 aromatic carbocycles. The summed E-state index contributed by atoms with van der Waals surface area (Å²) in [6.45, 7) is 6.51. The van der Waals surface area contributed by atoms with Gasteiger partial charge < -0.3 is 10.2 Å². The lowest BCUT2D eigenvalue weighted by Crippen LogP contribution is -2.35. The van der Waals surface area contributed by atoms with Crippen molar-refractivity contribution in [3.63, 3.8) is 0 Å². The third-order valence-electron chi connectivity index (χ3n) is 4.27. The summed E-state index contributed by atoms with van der Waals surface area (Å²) >= 11 is 1.48. The highest BCUT2D eigenvalue weighted by molar-refractivity contribution is 7.98. The summed E-state index contributed by atoms with van der Waals surface area (Å²) in [6, 6.07) is 10.3. The number of nitrogens with zero attached hydrogens (tertiary/aromatic N) is 3. The van der Waals surface area contributed by atoms with Crippen LogP contribution in [0.1, 0.15) is 53.2 Å². The van der Waals surface area contributed by atoms with Gasteiger partial charge in [0.2, 0.25) is 0 Å². The molecule has 1 aromatic heterocycles. The van der Waals surface area contributed by atoms with Crippen molar-refractivity contribution in [2.45, 2.75) is 37.8 Å². The van der Waals surface area contributed by atoms with Crippen LogP contribution in [-0.2, 0) is 0 Å². The number of benzene rings is 1. The number of aryl methyl sites for hydroxylation is 1. The molecule has 1 unspecified atom stereocenters.